The number of sulfonamides is 1. The number of carbonyl (C=O) groups excluding carboxylic acids is 2. The van der Waals surface area contributed by atoms with E-state index in [0.29, 0.717) is 27.7 Å². The van der Waals surface area contributed by atoms with Crippen LogP contribution in [0.3, 0.4) is 0 Å². The summed E-state index contributed by atoms with van der Waals surface area (Å²) in [6, 6.07) is 9.49. The molecule has 0 radical (unpaired) electrons. The normalized spacial score (nSPS) is 12.7. The minimum atomic E-state index is -3.80. The van der Waals surface area contributed by atoms with Gasteiger partial charge >= 0.3 is 0 Å². The Labute approximate surface area is 224 Å². The van der Waals surface area contributed by atoms with Crippen LogP contribution in [0, 0.1) is 13.8 Å². The highest BCUT2D eigenvalue weighted by Gasteiger charge is 2.33. The van der Waals surface area contributed by atoms with Crippen molar-refractivity contribution in [2.45, 2.75) is 66.1 Å². The second-order valence-electron chi connectivity index (χ2n) is 9.99. The average molecular weight is 557 g/mol. The Morgan fingerprint density at radius 3 is 2.17 bits per heavy atom. The molecular weight excluding hydrogens is 521 g/mol. The second-order valence-corrected chi connectivity index (χ2v) is 12.7. The van der Waals surface area contributed by atoms with Crippen molar-refractivity contribution < 1.29 is 18.0 Å². The largest absolute Gasteiger partial charge is 0.350 e. The fourth-order valence-electron chi connectivity index (χ4n) is 3.89. The topological polar surface area (TPSA) is 86.8 Å². The molecule has 0 aliphatic carbocycles. The molecule has 0 unspecified atom stereocenters. The molecule has 2 rings (SSSR count). The van der Waals surface area contributed by atoms with Gasteiger partial charge in [0.15, 0.2) is 0 Å². The van der Waals surface area contributed by atoms with Gasteiger partial charge in [-0.25, -0.2) is 8.42 Å². The van der Waals surface area contributed by atoms with Crippen LogP contribution < -0.4 is 9.62 Å². The molecule has 1 N–H and O–H groups in total. The second kappa shape index (κ2) is 11.8. The number of carbonyl (C=O) groups is 2. The van der Waals surface area contributed by atoms with Crippen LogP contribution in [0.5, 0.6) is 0 Å². The Morgan fingerprint density at radius 1 is 1.03 bits per heavy atom. The first-order valence-electron chi connectivity index (χ1n) is 11.6. The molecule has 0 aliphatic rings. The zero-order valence-corrected chi connectivity index (χ0v) is 24.2. The van der Waals surface area contributed by atoms with Crippen molar-refractivity contribution >= 4 is 50.7 Å². The van der Waals surface area contributed by atoms with E-state index in [1.165, 1.54) is 4.90 Å². The van der Waals surface area contributed by atoms with Gasteiger partial charge in [0, 0.05) is 12.1 Å². The molecule has 7 nitrogen and oxygen atoms in total. The van der Waals surface area contributed by atoms with Crippen molar-refractivity contribution in [3.05, 3.63) is 63.1 Å². The number of nitrogens with one attached hydrogen (secondary N) is 1. The van der Waals surface area contributed by atoms with E-state index < -0.39 is 34.1 Å². The predicted octanol–water partition coefficient (Wildman–Crippen LogP) is 5.10. The minimum absolute atomic E-state index is 0.0519. The molecule has 0 spiro atoms. The van der Waals surface area contributed by atoms with Gasteiger partial charge in [0.25, 0.3) is 0 Å². The maximum atomic E-state index is 13.8. The number of anilines is 1. The summed E-state index contributed by atoms with van der Waals surface area (Å²) in [5.74, 6) is -0.835. The van der Waals surface area contributed by atoms with E-state index in [-0.39, 0.29) is 12.5 Å². The number of aryl methyl sites for hydroxylation is 2. The van der Waals surface area contributed by atoms with Gasteiger partial charge in [-0.15, -0.1) is 0 Å². The molecule has 0 fully saturated rings. The first kappa shape index (κ1) is 29.9. The highest BCUT2D eigenvalue weighted by molar-refractivity contribution is 7.92. The SMILES string of the molecule is CC[C@H](C(=O)NC(C)(C)C)N(Cc1ccc(Cl)c(Cl)c1)C(=O)CN(c1ccc(C)cc1C)S(C)(=O)=O. The number of halogens is 2. The number of hydrogen-bond donors (Lipinski definition) is 1. The first-order chi connectivity index (χ1) is 16.5. The molecule has 0 aliphatic heterocycles. The third-order valence-electron chi connectivity index (χ3n) is 5.52. The van der Waals surface area contributed by atoms with Gasteiger partial charge in [-0.2, -0.15) is 0 Å². The molecule has 0 aromatic heterocycles. The van der Waals surface area contributed by atoms with Gasteiger partial charge < -0.3 is 10.2 Å². The van der Waals surface area contributed by atoms with Gasteiger partial charge in [-0.1, -0.05) is 53.9 Å². The van der Waals surface area contributed by atoms with E-state index in [4.69, 9.17) is 23.2 Å². The fraction of sp³-hybridized carbons (Fsp3) is 0.462. The standard InChI is InChI=1S/C26H35Cl2N3O4S/c1-8-22(25(33)29-26(4,5)6)30(15-19-10-11-20(27)21(28)14-19)24(32)16-31(36(7,34)35)23-12-9-17(2)13-18(23)3/h9-14,22H,8,15-16H2,1-7H3,(H,29,33)/t22-/m1/s1. The summed E-state index contributed by atoms with van der Waals surface area (Å²) < 4.78 is 26.6. The number of hydrogen-bond acceptors (Lipinski definition) is 4. The van der Waals surface area contributed by atoms with Crippen LogP contribution in [-0.4, -0.2) is 49.5 Å². The molecule has 2 aromatic rings. The Hall–Kier alpha value is -2.29. The zero-order valence-electron chi connectivity index (χ0n) is 21.9. The van der Waals surface area contributed by atoms with Gasteiger partial charge in [0.2, 0.25) is 21.8 Å². The van der Waals surface area contributed by atoms with Crippen molar-refractivity contribution in [3.63, 3.8) is 0 Å². The predicted molar refractivity (Wildman–Crippen MR) is 147 cm³/mol. The van der Waals surface area contributed by atoms with Crippen molar-refractivity contribution in [2.24, 2.45) is 0 Å². The third-order valence-corrected chi connectivity index (χ3v) is 7.39. The summed E-state index contributed by atoms with van der Waals surface area (Å²) >= 11 is 12.2. The summed E-state index contributed by atoms with van der Waals surface area (Å²) in [4.78, 5) is 28.4. The van der Waals surface area contributed by atoms with Gasteiger partial charge in [0.05, 0.1) is 22.0 Å². The lowest BCUT2D eigenvalue weighted by atomic mass is 10.1. The van der Waals surface area contributed by atoms with Crippen LogP contribution in [0.2, 0.25) is 10.0 Å². The van der Waals surface area contributed by atoms with Crippen LogP contribution in [0.4, 0.5) is 5.69 Å². The molecule has 36 heavy (non-hydrogen) atoms. The zero-order chi connectivity index (χ0) is 27.4. The minimum Gasteiger partial charge on any atom is -0.350 e. The van der Waals surface area contributed by atoms with Crippen molar-refractivity contribution in [1.82, 2.24) is 10.2 Å². The quantitative estimate of drug-likeness (QED) is 0.466. The van der Waals surface area contributed by atoms with Crippen LogP contribution in [0.15, 0.2) is 36.4 Å². The number of rotatable bonds is 9. The lowest BCUT2D eigenvalue weighted by Crippen LogP contribution is -2.55. The highest BCUT2D eigenvalue weighted by Crippen LogP contribution is 2.26. The summed E-state index contributed by atoms with van der Waals surface area (Å²) in [6.45, 7) is 10.7. The summed E-state index contributed by atoms with van der Waals surface area (Å²) in [6.07, 6.45) is 1.39. The molecule has 198 valence electrons. The maximum Gasteiger partial charge on any atom is 0.244 e. The molecular formula is C26H35Cl2N3O4S. The number of benzene rings is 2. The first-order valence-corrected chi connectivity index (χ1v) is 14.2. The maximum absolute atomic E-state index is 13.8. The van der Waals surface area contributed by atoms with Gasteiger partial charge in [-0.3, -0.25) is 13.9 Å². The fourth-order valence-corrected chi connectivity index (χ4v) is 5.11. The monoisotopic (exact) mass is 555 g/mol. The van der Waals surface area contributed by atoms with Crippen molar-refractivity contribution in [2.75, 3.05) is 17.1 Å². The van der Waals surface area contributed by atoms with Crippen LogP contribution in [0.25, 0.3) is 0 Å². The lowest BCUT2D eigenvalue weighted by molar-refractivity contribution is -0.141. The third kappa shape index (κ3) is 8.11. The van der Waals surface area contributed by atoms with Crippen molar-refractivity contribution in [3.8, 4) is 0 Å². The van der Waals surface area contributed by atoms with E-state index in [0.717, 1.165) is 21.7 Å². The van der Waals surface area contributed by atoms with Gasteiger partial charge in [-0.05, 0) is 70.4 Å². The summed E-state index contributed by atoms with van der Waals surface area (Å²) in [7, 11) is -3.80. The molecule has 2 amide bonds. The Bertz CT molecular complexity index is 1230. The van der Waals surface area contributed by atoms with E-state index in [9.17, 15) is 18.0 Å². The van der Waals surface area contributed by atoms with Crippen molar-refractivity contribution in [1.29, 1.82) is 0 Å². The Balaban J connectivity index is 2.52. The van der Waals surface area contributed by atoms with Gasteiger partial charge in [0.1, 0.15) is 12.6 Å². The lowest BCUT2D eigenvalue weighted by Gasteiger charge is -2.34. The van der Waals surface area contributed by atoms with E-state index in [1.54, 1.807) is 44.2 Å². The molecule has 0 heterocycles. The molecule has 10 heteroatoms. The number of amides is 2. The summed E-state index contributed by atoms with van der Waals surface area (Å²) in [5, 5.41) is 3.62. The van der Waals surface area contributed by atoms with E-state index >= 15 is 0 Å². The molecule has 1 atom stereocenters. The van der Waals surface area contributed by atoms with Crippen LogP contribution in [-0.2, 0) is 26.2 Å². The molecule has 0 saturated carbocycles. The molecule has 0 saturated heterocycles. The Morgan fingerprint density at radius 2 is 1.67 bits per heavy atom. The van der Waals surface area contributed by atoms with E-state index in [2.05, 4.69) is 5.32 Å². The molecule has 0 bridgehead atoms. The molecule has 2 aromatic carbocycles. The summed E-state index contributed by atoms with van der Waals surface area (Å²) in [5.41, 5.74) is 2.26. The average Bonchev–Trinajstić information content (AvgIpc) is 2.72. The van der Waals surface area contributed by atoms with Crippen LogP contribution in [0.1, 0.15) is 50.8 Å². The Kier molecular flexibility index (Phi) is 9.84. The number of nitrogens with zero attached hydrogens (tertiary/aromatic N) is 2. The highest BCUT2D eigenvalue weighted by atomic mass is 35.5. The van der Waals surface area contributed by atoms with Crippen LogP contribution >= 0.6 is 23.2 Å². The smallest absolute Gasteiger partial charge is 0.244 e. The van der Waals surface area contributed by atoms with E-state index in [1.807, 2.05) is 33.8 Å².